The van der Waals surface area contributed by atoms with E-state index in [2.05, 4.69) is 21.2 Å². The highest BCUT2D eigenvalue weighted by molar-refractivity contribution is 9.10. The molecule has 0 aromatic heterocycles. The molecule has 1 atom stereocenters. The normalized spacial score (nSPS) is 11.8. The van der Waals surface area contributed by atoms with E-state index in [4.69, 9.17) is 9.47 Å². The van der Waals surface area contributed by atoms with E-state index in [0.717, 1.165) is 21.5 Å². The molecule has 21 heavy (non-hydrogen) atoms. The fourth-order valence-electron chi connectivity index (χ4n) is 2.05. The first kappa shape index (κ1) is 15.5. The molecule has 0 bridgehead atoms. The number of ether oxygens (including phenoxy) is 2. The van der Waals surface area contributed by atoms with Crippen molar-refractivity contribution in [2.24, 2.45) is 0 Å². The third kappa shape index (κ3) is 3.61. The zero-order valence-electron chi connectivity index (χ0n) is 12.2. The van der Waals surface area contributed by atoms with E-state index in [9.17, 15) is 5.11 Å². The molecular formula is C16H18BrNO3. The standard InChI is InChI=1S/C16H18BrNO3/c1-10(11-4-6-14(19)16(8-11)21-3)18-12-5-7-15(20-2)13(17)9-12/h4-10,18-19H,1-3H3. The number of benzene rings is 2. The summed E-state index contributed by atoms with van der Waals surface area (Å²) in [5.41, 5.74) is 2.00. The van der Waals surface area contributed by atoms with Crippen LogP contribution in [0.4, 0.5) is 5.69 Å². The molecule has 5 heteroatoms. The van der Waals surface area contributed by atoms with Crippen molar-refractivity contribution in [3.8, 4) is 17.2 Å². The quantitative estimate of drug-likeness (QED) is 0.840. The number of hydrogen-bond acceptors (Lipinski definition) is 4. The van der Waals surface area contributed by atoms with Crippen LogP contribution in [0.3, 0.4) is 0 Å². The summed E-state index contributed by atoms with van der Waals surface area (Å²) in [7, 11) is 3.18. The summed E-state index contributed by atoms with van der Waals surface area (Å²) in [6.45, 7) is 2.05. The first-order valence-corrected chi connectivity index (χ1v) is 7.31. The van der Waals surface area contributed by atoms with Crippen LogP contribution >= 0.6 is 15.9 Å². The second kappa shape index (κ2) is 6.72. The summed E-state index contributed by atoms with van der Waals surface area (Å²) in [6, 6.07) is 11.2. The lowest BCUT2D eigenvalue weighted by atomic mass is 10.1. The monoisotopic (exact) mass is 351 g/mol. The van der Waals surface area contributed by atoms with Gasteiger partial charge in [0, 0.05) is 11.7 Å². The first-order chi connectivity index (χ1) is 10.0. The Morgan fingerprint density at radius 2 is 1.76 bits per heavy atom. The summed E-state index contributed by atoms with van der Waals surface area (Å²) >= 11 is 3.47. The molecule has 2 rings (SSSR count). The van der Waals surface area contributed by atoms with Gasteiger partial charge in [-0.2, -0.15) is 0 Å². The number of rotatable bonds is 5. The van der Waals surface area contributed by atoms with Gasteiger partial charge in [0.25, 0.3) is 0 Å². The second-order valence-electron chi connectivity index (χ2n) is 4.65. The SMILES string of the molecule is COc1cc(C(C)Nc2ccc(OC)c(Br)c2)ccc1O. The third-order valence-corrected chi connectivity index (χ3v) is 3.86. The number of methoxy groups -OCH3 is 2. The summed E-state index contributed by atoms with van der Waals surface area (Å²) in [5.74, 6) is 1.40. The van der Waals surface area contributed by atoms with Crippen molar-refractivity contribution < 1.29 is 14.6 Å². The fraction of sp³-hybridized carbons (Fsp3) is 0.250. The van der Waals surface area contributed by atoms with Gasteiger partial charge in [-0.1, -0.05) is 6.07 Å². The van der Waals surface area contributed by atoms with E-state index in [-0.39, 0.29) is 11.8 Å². The molecular weight excluding hydrogens is 334 g/mol. The zero-order valence-corrected chi connectivity index (χ0v) is 13.8. The summed E-state index contributed by atoms with van der Waals surface area (Å²) in [4.78, 5) is 0. The minimum Gasteiger partial charge on any atom is -0.504 e. The van der Waals surface area contributed by atoms with Crippen molar-refractivity contribution in [3.63, 3.8) is 0 Å². The predicted molar refractivity (Wildman–Crippen MR) is 87.4 cm³/mol. The molecule has 0 saturated carbocycles. The van der Waals surface area contributed by atoms with Crippen LogP contribution in [0, 0.1) is 0 Å². The lowest BCUT2D eigenvalue weighted by Crippen LogP contribution is -2.06. The van der Waals surface area contributed by atoms with Crippen molar-refractivity contribution in [2.75, 3.05) is 19.5 Å². The van der Waals surface area contributed by atoms with Crippen LogP contribution in [-0.4, -0.2) is 19.3 Å². The van der Waals surface area contributed by atoms with Gasteiger partial charge in [0.15, 0.2) is 11.5 Å². The molecule has 0 aliphatic carbocycles. The topological polar surface area (TPSA) is 50.7 Å². The minimum absolute atomic E-state index is 0.0693. The Hall–Kier alpha value is -1.88. The zero-order chi connectivity index (χ0) is 15.4. The summed E-state index contributed by atoms with van der Waals surface area (Å²) in [5, 5.41) is 13.0. The number of nitrogens with one attached hydrogen (secondary N) is 1. The van der Waals surface area contributed by atoms with Crippen molar-refractivity contribution >= 4 is 21.6 Å². The lowest BCUT2D eigenvalue weighted by molar-refractivity contribution is 0.373. The van der Waals surface area contributed by atoms with E-state index in [1.807, 2.05) is 37.3 Å². The Labute approximate surface area is 132 Å². The van der Waals surface area contributed by atoms with Gasteiger partial charge < -0.3 is 19.9 Å². The molecule has 2 aromatic rings. The van der Waals surface area contributed by atoms with Crippen LogP contribution in [0.2, 0.25) is 0 Å². The molecule has 2 N–H and O–H groups in total. The molecule has 2 aromatic carbocycles. The number of anilines is 1. The molecule has 0 spiro atoms. The van der Waals surface area contributed by atoms with Crippen LogP contribution in [0.1, 0.15) is 18.5 Å². The number of halogens is 1. The van der Waals surface area contributed by atoms with Gasteiger partial charge in [0.05, 0.1) is 18.7 Å². The Morgan fingerprint density at radius 3 is 2.38 bits per heavy atom. The molecule has 4 nitrogen and oxygen atoms in total. The molecule has 0 aliphatic rings. The minimum atomic E-state index is 0.0693. The highest BCUT2D eigenvalue weighted by atomic mass is 79.9. The Bertz CT molecular complexity index is 631. The summed E-state index contributed by atoms with van der Waals surface area (Å²) < 4.78 is 11.2. The van der Waals surface area contributed by atoms with Crippen LogP contribution in [-0.2, 0) is 0 Å². The lowest BCUT2D eigenvalue weighted by Gasteiger charge is -2.17. The van der Waals surface area contributed by atoms with Crippen LogP contribution in [0.25, 0.3) is 0 Å². The van der Waals surface area contributed by atoms with Crippen molar-refractivity contribution in [2.45, 2.75) is 13.0 Å². The van der Waals surface area contributed by atoms with E-state index in [1.54, 1.807) is 13.2 Å². The Kier molecular flexibility index (Phi) is 4.96. The van der Waals surface area contributed by atoms with Crippen LogP contribution in [0.5, 0.6) is 17.2 Å². The van der Waals surface area contributed by atoms with Crippen molar-refractivity contribution in [3.05, 3.63) is 46.4 Å². The Balaban J connectivity index is 2.17. The smallest absolute Gasteiger partial charge is 0.160 e. The second-order valence-corrected chi connectivity index (χ2v) is 5.50. The first-order valence-electron chi connectivity index (χ1n) is 6.52. The maximum atomic E-state index is 9.64. The van der Waals surface area contributed by atoms with Crippen molar-refractivity contribution in [1.29, 1.82) is 0 Å². The van der Waals surface area contributed by atoms with Crippen LogP contribution in [0.15, 0.2) is 40.9 Å². The van der Waals surface area contributed by atoms with E-state index in [1.165, 1.54) is 7.11 Å². The maximum Gasteiger partial charge on any atom is 0.160 e. The predicted octanol–water partition coefficient (Wildman–Crippen LogP) is 4.35. The highest BCUT2D eigenvalue weighted by Gasteiger charge is 2.10. The number of phenolic OH excluding ortho intramolecular Hbond substituents is 1. The fourth-order valence-corrected chi connectivity index (χ4v) is 2.59. The number of phenols is 1. The number of hydrogen-bond donors (Lipinski definition) is 2. The Morgan fingerprint density at radius 1 is 1.05 bits per heavy atom. The molecule has 0 radical (unpaired) electrons. The van der Waals surface area contributed by atoms with Gasteiger partial charge >= 0.3 is 0 Å². The molecule has 0 saturated heterocycles. The molecule has 112 valence electrons. The van der Waals surface area contributed by atoms with Gasteiger partial charge in [-0.3, -0.25) is 0 Å². The van der Waals surface area contributed by atoms with Gasteiger partial charge in [-0.25, -0.2) is 0 Å². The van der Waals surface area contributed by atoms with E-state index < -0.39 is 0 Å². The van der Waals surface area contributed by atoms with Crippen LogP contribution < -0.4 is 14.8 Å². The molecule has 0 heterocycles. The van der Waals surface area contributed by atoms with Crippen molar-refractivity contribution in [1.82, 2.24) is 0 Å². The molecule has 1 unspecified atom stereocenters. The molecule has 0 aliphatic heterocycles. The third-order valence-electron chi connectivity index (χ3n) is 3.24. The molecule has 0 fully saturated rings. The van der Waals surface area contributed by atoms with Gasteiger partial charge in [0.2, 0.25) is 0 Å². The maximum absolute atomic E-state index is 9.64. The van der Waals surface area contributed by atoms with E-state index in [0.29, 0.717) is 5.75 Å². The average Bonchev–Trinajstić information content (AvgIpc) is 2.48. The van der Waals surface area contributed by atoms with Gasteiger partial charge in [-0.15, -0.1) is 0 Å². The number of aromatic hydroxyl groups is 1. The van der Waals surface area contributed by atoms with Gasteiger partial charge in [0.1, 0.15) is 5.75 Å². The average molecular weight is 352 g/mol. The summed E-state index contributed by atoms with van der Waals surface area (Å²) in [6.07, 6.45) is 0. The van der Waals surface area contributed by atoms with E-state index >= 15 is 0 Å². The largest absolute Gasteiger partial charge is 0.504 e. The highest BCUT2D eigenvalue weighted by Crippen LogP contribution is 2.32. The molecule has 0 amide bonds. The van der Waals surface area contributed by atoms with Gasteiger partial charge in [-0.05, 0) is 58.7 Å².